The molecule has 0 fully saturated rings. The number of Topliss-reactive ketones (excluding diaryl/α,β-unsaturated/α-hetero) is 1. The van der Waals surface area contributed by atoms with E-state index in [4.69, 9.17) is 9.73 Å². The number of rotatable bonds is 10. The summed E-state index contributed by atoms with van der Waals surface area (Å²) in [5.41, 5.74) is 2.75. The number of nitrogens with one attached hydrogen (secondary N) is 2. The molecule has 2 N–H and O–H groups in total. The number of allylic oxidation sites excluding steroid dienone is 1. The predicted molar refractivity (Wildman–Crippen MR) is 213 cm³/mol. The van der Waals surface area contributed by atoms with Crippen molar-refractivity contribution in [1.82, 2.24) is 15.6 Å². The van der Waals surface area contributed by atoms with Crippen LogP contribution in [0.25, 0.3) is 0 Å². The molecule has 3 heterocycles. The van der Waals surface area contributed by atoms with Crippen LogP contribution in [0.1, 0.15) is 61.0 Å². The minimum Gasteiger partial charge on any atom is -0.456 e. The number of carbonyl (C=O) groups excluding carboxylic acids is 4. The third-order valence-corrected chi connectivity index (χ3v) is 12.8. The van der Waals surface area contributed by atoms with Gasteiger partial charge in [-0.3, -0.25) is 19.4 Å². The third-order valence-electron chi connectivity index (χ3n) is 9.08. The fourth-order valence-corrected chi connectivity index (χ4v) is 9.53. The van der Waals surface area contributed by atoms with E-state index >= 15 is 0 Å². The van der Waals surface area contributed by atoms with Crippen molar-refractivity contribution >= 4 is 63.5 Å². The van der Waals surface area contributed by atoms with Gasteiger partial charge in [-0.1, -0.05) is 111 Å². The number of nitrogens with zero attached hydrogens (tertiary/aromatic N) is 2. The highest BCUT2D eigenvalue weighted by Gasteiger charge is 2.42. The first kappa shape index (κ1) is 38.2. The maximum Gasteiger partial charge on any atom is 0.329 e. The van der Waals surface area contributed by atoms with Gasteiger partial charge in [0.05, 0.1) is 23.5 Å². The molecular formula is C41H42N4O5S3. The highest BCUT2D eigenvalue weighted by molar-refractivity contribution is 8.14. The Morgan fingerprint density at radius 1 is 0.981 bits per heavy atom. The molecule has 12 heteroatoms. The zero-order chi connectivity index (χ0) is 37.4. The summed E-state index contributed by atoms with van der Waals surface area (Å²) in [5, 5.41) is 8.94. The van der Waals surface area contributed by atoms with Crippen molar-refractivity contribution in [2.45, 2.75) is 62.6 Å². The molecule has 6 rings (SSSR count). The van der Waals surface area contributed by atoms with Crippen molar-refractivity contribution in [1.29, 1.82) is 0 Å². The average molecular weight is 767 g/mol. The first-order valence-electron chi connectivity index (χ1n) is 17.5. The Morgan fingerprint density at radius 2 is 1.58 bits per heavy atom. The van der Waals surface area contributed by atoms with Crippen molar-refractivity contribution < 1.29 is 23.9 Å². The molecule has 2 amide bonds. The summed E-state index contributed by atoms with van der Waals surface area (Å²) in [6, 6.07) is 29.6. The summed E-state index contributed by atoms with van der Waals surface area (Å²) in [4.78, 5) is 63.2. The second-order valence-electron chi connectivity index (χ2n) is 13.5. The number of hydrogen-bond acceptors (Lipinski definition) is 10. The molecule has 3 aromatic carbocycles. The predicted octanol–water partition coefficient (Wildman–Crippen LogP) is 6.71. The molecule has 53 heavy (non-hydrogen) atoms. The number of hydrogen-bond donors (Lipinski definition) is 2. The molecule has 2 aliphatic heterocycles. The SMILES string of the molecule is CC(C)C1NC(=O)[C@]2(C)CSC(=N2)c2csc(n2)CNC(=O)C[C@@H](/C=C/CC(=O)CSC(c2ccccc2)(c2ccccc2)c2ccccc2)OC1=O. The van der Waals surface area contributed by atoms with Gasteiger partial charge in [-0.25, -0.2) is 9.78 Å². The van der Waals surface area contributed by atoms with Gasteiger partial charge in [0.25, 0.3) is 0 Å². The summed E-state index contributed by atoms with van der Waals surface area (Å²) in [6.45, 7) is 5.57. The highest BCUT2D eigenvalue weighted by atomic mass is 32.2. The molecule has 3 atom stereocenters. The molecular weight excluding hydrogens is 725 g/mol. The largest absolute Gasteiger partial charge is 0.456 e. The van der Waals surface area contributed by atoms with Crippen molar-refractivity contribution in [2.75, 3.05) is 11.5 Å². The van der Waals surface area contributed by atoms with E-state index in [2.05, 4.69) is 52.0 Å². The van der Waals surface area contributed by atoms with Crippen molar-refractivity contribution in [3.63, 3.8) is 0 Å². The number of cyclic esters (lactones) is 1. The third kappa shape index (κ3) is 9.00. The number of aromatic nitrogens is 1. The second kappa shape index (κ2) is 17.1. The van der Waals surface area contributed by atoms with Gasteiger partial charge in [-0.05, 0) is 35.6 Å². The van der Waals surface area contributed by atoms with E-state index < -0.39 is 28.4 Å². The second-order valence-corrected chi connectivity index (χ2v) is 16.6. The maximum absolute atomic E-state index is 13.6. The van der Waals surface area contributed by atoms with Crippen LogP contribution >= 0.6 is 34.9 Å². The van der Waals surface area contributed by atoms with Gasteiger partial charge in [0.15, 0.2) is 0 Å². The molecule has 4 aromatic rings. The van der Waals surface area contributed by atoms with Crippen LogP contribution in [-0.4, -0.2) is 62.8 Å². The van der Waals surface area contributed by atoms with E-state index in [0.29, 0.717) is 21.5 Å². The van der Waals surface area contributed by atoms with Crippen LogP contribution < -0.4 is 10.6 Å². The minimum atomic E-state index is -1.08. The standard InChI is InChI=1S/C41H42N4O5S3/c1-27(2)36-38(48)50-32(22-34(47)42-23-35-43-33(25-51-35)37-45-40(3,26-52-37)39(49)44-36)21-13-20-31(46)24-53-41(28-14-7-4-8-15-28,29-16-9-5-10-17-29)30-18-11-6-12-19-30/h4-19,21,25,27,32,36H,20,22-24,26H2,1-3H3,(H,42,47)(H,44,49)/b21-13+/t32-,36?,40+/m1/s1. The number of thiazole rings is 1. The molecule has 0 spiro atoms. The smallest absolute Gasteiger partial charge is 0.329 e. The Labute approximate surface area is 322 Å². The molecule has 274 valence electrons. The van der Waals surface area contributed by atoms with Gasteiger partial charge < -0.3 is 15.4 Å². The number of aliphatic imine (C=N–C) groups is 1. The molecule has 0 saturated carbocycles. The summed E-state index contributed by atoms with van der Waals surface area (Å²) in [5.74, 6) is -1.12. The summed E-state index contributed by atoms with van der Waals surface area (Å²) in [6.07, 6.45) is 2.18. The Morgan fingerprint density at radius 3 is 2.17 bits per heavy atom. The number of esters is 1. The molecule has 0 radical (unpaired) electrons. The normalized spacial score (nSPS) is 21.2. The molecule has 9 nitrogen and oxygen atoms in total. The van der Waals surface area contributed by atoms with Crippen molar-refractivity contribution in [2.24, 2.45) is 10.9 Å². The lowest BCUT2D eigenvalue weighted by Crippen LogP contribution is -2.53. The Balaban J connectivity index is 1.20. The Hall–Kier alpha value is -4.52. The number of ether oxygens (including phenoxy) is 1. The van der Waals surface area contributed by atoms with E-state index in [1.807, 2.05) is 73.8 Å². The molecule has 2 aliphatic rings. The average Bonchev–Trinajstić information content (AvgIpc) is 3.81. The first-order valence-corrected chi connectivity index (χ1v) is 20.4. The maximum atomic E-state index is 13.6. The number of benzene rings is 3. The van der Waals surface area contributed by atoms with Crippen LogP contribution in [0.3, 0.4) is 0 Å². The quantitative estimate of drug-likeness (QED) is 0.104. The monoisotopic (exact) mass is 766 g/mol. The van der Waals surface area contributed by atoms with Gasteiger partial charge in [-0.2, -0.15) is 0 Å². The van der Waals surface area contributed by atoms with Crippen LogP contribution in [0.15, 0.2) is 114 Å². The lowest BCUT2D eigenvalue weighted by atomic mass is 9.84. The zero-order valence-corrected chi connectivity index (χ0v) is 32.3. The number of carbonyl (C=O) groups is 4. The van der Waals surface area contributed by atoms with Gasteiger partial charge in [0, 0.05) is 17.6 Å². The van der Waals surface area contributed by atoms with Crippen molar-refractivity contribution in [3.05, 3.63) is 136 Å². The summed E-state index contributed by atoms with van der Waals surface area (Å²) < 4.78 is 5.24. The zero-order valence-electron chi connectivity index (χ0n) is 29.8. The van der Waals surface area contributed by atoms with Crippen LogP contribution in [0.4, 0.5) is 0 Å². The Kier molecular flexibility index (Phi) is 12.3. The summed E-state index contributed by atoms with van der Waals surface area (Å²) >= 11 is 4.39. The molecule has 4 bridgehead atoms. The Bertz CT molecular complexity index is 1890. The van der Waals surface area contributed by atoms with E-state index in [1.54, 1.807) is 30.8 Å². The number of ketones is 1. The molecule has 0 saturated heterocycles. The number of fused-ring (bicyclic) bond motifs is 4. The van der Waals surface area contributed by atoms with Crippen molar-refractivity contribution in [3.8, 4) is 0 Å². The first-order chi connectivity index (χ1) is 25.6. The molecule has 0 aliphatic carbocycles. The lowest BCUT2D eigenvalue weighted by molar-refractivity contribution is -0.153. The fourth-order valence-electron chi connectivity index (χ4n) is 6.20. The van der Waals surface area contributed by atoms with E-state index in [1.165, 1.54) is 23.1 Å². The van der Waals surface area contributed by atoms with Gasteiger partial charge >= 0.3 is 5.97 Å². The number of thioether (sulfide) groups is 2. The van der Waals surface area contributed by atoms with Crippen LogP contribution in [0.2, 0.25) is 0 Å². The highest BCUT2D eigenvalue weighted by Crippen LogP contribution is 2.48. The minimum absolute atomic E-state index is 0.0306. The van der Waals surface area contributed by atoms with E-state index in [9.17, 15) is 19.2 Å². The molecule has 1 aromatic heterocycles. The molecule has 1 unspecified atom stereocenters. The van der Waals surface area contributed by atoms with Gasteiger partial charge in [-0.15, -0.1) is 34.9 Å². The number of amides is 2. The van der Waals surface area contributed by atoms with Crippen LogP contribution in [-0.2, 0) is 35.2 Å². The van der Waals surface area contributed by atoms with Crippen LogP contribution in [0, 0.1) is 5.92 Å². The fraction of sp³-hybridized carbons (Fsp3) is 0.317. The lowest BCUT2D eigenvalue weighted by Gasteiger charge is -2.35. The van der Waals surface area contributed by atoms with E-state index in [0.717, 1.165) is 16.7 Å². The van der Waals surface area contributed by atoms with Gasteiger partial charge in [0.2, 0.25) is 11.8 Å². The summed E-state index contributed by atoms with van der Waals surface area (Å²) in [7, 11) is 0. The van der Waals surface area contributed by atoms with Gasteiger partial charge in [0.1, 0.15) is 39.2 Å². The van der Waals surface area contributed by atoms with Crippen LogP contribution in [0.5, 0.6) is 0 Å². The van der Waals surface area contributed by atoms with E-state index in [-0.39, 0.29) is 48.7 Å². The topological polar surface area (TPSA) is 127 Å².